The summed E-state index contributed by atoms with van der Waals surface area (Å²) in [6.45, 7) is 4.00. The number of rotatable bonds is 3. The monoisotopic (exact) mass is 249 g/mol. The van der Waals surface area contributed by atoms with Gasteiger partial charge in [-0.2, -0.15) is 5.10 Å². The molecule has 0 amide bonds. The van der Waals surface area contributed by atoms with Gasteiger partial charge in [0.15, 0.2) is 16.7 Å². The Balaban J connectivity index is 2.17. The highest BCUT2D eigenvalue weighted by Gasteiger charge is 2.13. The van der Waals surface area contributed by atoms with Crippen LogP contribution in [0.3, 0.4) is 0 Å². The summed E-state index contributed by atoms with van der Waals surface area (Å²) >= 11 is 5.06. The first-order valence-electron chi connectivity index (χ1n) is 5.42. The molecule has 4 nitrogen and oxygen atoms in total. The molecule has 1 heterocycles. The van der Waals surface area contributed by atoms with Crippen LogP contribution in [0.1, 0.15) is 24.4 Å². The van der Waals surface area contributed by atoms with Crippen molar-refractivity contribution >= 4 is 12.2 Å². The topological polar surface area (TPSA) is 42.8 Å². The van der Waals surface area contributed by atoms with Gasteiger partial charge in [0.1, 0.15) is 5.75 Å². The Hall–Kier alpha value is -1.62. The van der Waals surface area contributed by atoms with Crippen LogP contribution in [0.4, 0.5) is 0 Å². The average molecular weight is 249 g/mol. The lowest BCUT2D eigenvalue weighted by Crippen LogP contribution is -2.09. The van der Waals surface area contributed by atoms with Crippen molar-refractivity contribution in [2.24, 2.45) is 7.05 Å². The molecule has 0 fully saturated rings. The number of H-pyrrole nitrogens is 1. The van der Waals surface area contributed by atoms with Crippen LogP contribution in [0.5, 0.6) is 5.75 Å². The quantitative estimate of drug-likeness (QED) is 0.850. The van der Waals surface area contributed by atoms with Crippen LogP contribution in [-0.2, 0) is 7.05 Å². The second kappa shape index (κ2) is 4.71. The number of aryl methyl sites for hydroxylation is 1. The third kappa shape index (κ3) is 2.55. The van der Waals surface area contributed by atoms with Crippen LogP contribution in [0, 0.1) is 11.7 Å². The predicted molar refractivity (Wildman–Crippen MR) is 68.6 cm³/mol. The maximum absolute atomic E-state index is 5.80. The Bertz CT molecular complexity index is 556. The van der Waals surface area contributed by atoms with Crippen LogP contribution in [0.25, 0.3) is 0 Å². The maximum atomic E-state index is 5.80. The van der Waals surface area contributed by atoms with Crippen LogP contribution in [0.15, 0.2) is 24.3 Å². The number of hydrogen-bond donors (Lipinski definition) is 1. The van der Waals surface area contributed by atoms with Gasteiger partial charge < -0.3 is 9.30 Å². The molecule has 1 aromatic carbocycles. The van der Waals surface area contributed by atoms with Gasteiger partial charge in [0.25, 0.3) is 0 Å². The standard InChI is InChI=1S/C12H15N3OS/c1-8-4-6-10(7-5-8)16-9(2)11-13-14-12(17)15(11)3/h4-7,9H,1-3H3,(H,14,17)/t9-/m0/s1. The average Bonchev–Trinajstić information content (AvgIpc) is 2.63. The molecule has 90 valence electrons. The van der Waals surface area contributed by atoms with E-state index in [1.807, 2.05) is 49.7 Å². The molecule has 0 aliphatic rings. The second-order valence-corrected chi connectivity index (χ2v) is 4.41. The first-order valence-corrected chi connectivity index (χ1v) is 5.83. The highest BCUT2D eigenvalue weighted by atomic mass is 32.1. The summed E-state index contributed by atoms with van der Waals surface area (Å²) in [6.07, 6.45) is -0.143. The van der Waals surface area contributed by atoms with E-state index in [2.05, 4.69) is 10.2 Å². The molecule has 0 bridgehead atoms. The molecule has 17 heavy (non-hydrogen) atoms. The van der Waals surface area contributed by atoms with Crippen molar-refractivity contribution < 1.29 is 4.74 Å². The summed E-state index contributed by atoms with van der Waals surface area (Å²) in [4.78, 5) is 0. The summed E-state index contributed by atoms with van der Waals surface area (Å²) < 4.78 is 8.21. The van der Waals surface area contributed by atoms with E-state index in [1.165, 1.54) is 5.56 Å². The number of ether oxygens (including phenoxy) is 1. The minimum Gasteiger partial charge on any atom is -0.483 e. The number of nitrogens with zero attached hydrogens (tertiary/aromatic N) is 2. The molecule has 1 aromatic heterocycles. The van der Waals surface area contributed by atoms with Crippen molar-refractivity contribution in [3.05, 3.63) is 40.4 Å². The van der Waals surface area contributed by atoms with Gasteiger partial charge in [-0.1, -0.05) is 17.7 Å². The van der Waals surface area contributed by atoms with E-state index >= 15 is 0 Å². The van der Waals surface area contributed by atoms with Crippen molar-refractivity contribution in [1.29, 1.82) is 0 Å². The van der Waals surface area contributed by atoms with E-state index in [1.54, 1.807) is 0 Å². The van der Waals surface area contributed by atoms with E-state index < -0.39 is 0 Å². The molecule has 0 spiro atoms. The van der Waals surface area contributed by atoms with E-state index in [-0.39, 0.29) is 6.10 Å². The van der Waals surface area contributed by atoms with Crippen LogP contribution < -0.4 is 4.74 Å². The minimum atomic E-state index is -0.143. The summed E-state index contributed by atoms with van der Waals surface area (Å²) in [5.41, 5.74) is 1.21. The Labute approximate surface area is 105 Å². The van der Waals surface area contributed by atoms with Crippen molar-refractivity contribution in [3.63, 3.8) is 0 Å². The number of aromatic amines is 1. The van der Waals surface area contributed by atoms with E-state index in [9.17, 15) is 0 Å². The van der Waals surface area contributed by atoms with Gasteiger partial charge in [-0.3, -0.25) is 5.10 Å². The molecule has 0 aliphatic heterocycles. The van der Waals surface area contributed by atoms with Crippen LogP contribution in [0.2, 0.25) is 0 Å². The molecular weight excluding hydrogens is 234 g/mol. The van der Waals surface area contributed by atoms with Gasteiger partial charge in [-0.15, -0.1) is 0 Å². The fourth-order valence-electron chi connectivity index (χ4n) is 1.60. The molecule has 0 saturated heterocycles. The summed E-state index contributed by atoms with van der Waals surface area (Å²) in [7, 11) is 1.87. The molecule has 0 radical (unpaired) electrons. The first kappa shape index (κ1) is 11.9. The molecule has 1 atom stereocenters. The predicted octanol–water partition coefficient (Wildman–Crippen LogP) is 2.93. The van der Waals surface area contributed by atoms with Gasteiger partial charge in [-0.05, 0) is 38.2 Å². The minimum absolute atomic E-state index is 0.143. The number of aromatic nitrogens is 3. The second-order valence-electron chi connectivity index (χ2n) is 4.02. The Morgan fingerprint density at radius 1 is 1.35 bits per heavy atom. The lowest BCUT2D eigenvalue weighted by atomic mass is 10.2. The summed E-state index contributed by atoms with van der Waals surface area (Å²) in [5, 5.41) is 6.90. The molecule has 2 rings (SSSR count). The Morgan fingerprint density at radius 2 is 2.00 bits per heavy atom. The SMILES string of the molecule is Cc1ccc(O[C@@H](C)c2n[nH]c(=S)n2C)cc1. The van der Waals surface area contributed by atoms with E-state index in [0.717, 1.165) is 11.6 Å². The van der Waals surface area contributed by atoms with Crippen molar-refractivity contribution in [3.8, 4) is 5.75 Å². The third-order valence-corrected chi connectivity index (χ3v) is 2.98. The normalized spacial score (nSPS) is 12.4. The van der Waals surface area contributed by atoms with Gasteiger partial charge in [-0.25, -0.2) is 0 Å². The largest absolute Gasteiger partial charge is 0.483 e. The number of nitrogens with one attached hydrogen (secondary N) is 1. The van der Waals surface area contributed by atoms with Crippen LogP contribution in [-0.4, -0.2) is 14.8 Å². The van der Waals surface area contributed by atoms with Crippen LogP contribution >= 0.6 is 12.2 Å². The molecule has 0 unspecified atom stereocenters. The van der Waals surface area contributed by atoms with E-state index in [4.69, 9.17) is 17.0 Å². The highest BCUT2D eigenvalue weighted by Crippen LogP contribution is 2.20. The highest BCUT2D eigenvalue weighted by molar-refractivity contribution is 7.71. The first-order chi connectivity index (χ1) is 8.08. The molecule has 0 saturated carbocycles. The summed E-state index contributed by atoms with van der Waals surface area (Å²) in [6, 6.07) is 7.94. The number of hydrogen-bond acceptors (Lipinski definition) is 3. The molecular formula is C12H15N3OS. The van der Waals surface area contributed by atoms with Crippen molar-refractivity contribution in [1.82, 2.24) is 14.8 Å². The smallest absolute Gasteiger partial charge is 0.195 e. The zero-order chi connectivity index (χ0) is 12.4. The number of benzene rings is 1. The Kier molecular flexibility index (Phi) is 3.28. The zero-order valence-electron chi connectivity index (χ0n) is 10.1. The molecule has 5 heteroatoms. The van der Waals surface area contributed by atoms with Gasteiger partial charge in [0, 0.05) is 7.05 Å². The fraction of sp³-hybridized carbons (Fsp3) is 0.333. The van der Waals surface area contributed by atoms with Crippen molar-refractivity contribution in [2.45, 2.75) is 20.0 Å². The molecule has 0 aliphatic carbocycles. The molecule has 2 aromatic rings. The van der Waals surface area contributed by atoms with Crippen molar-refractivity contribution in [2.75, 3.05) is 0 Å². The summed E-state index contributed by atoms with van der Waals surface area (Å²) in [5.74, 6) is 1.62. The lowest BCUT2D eigenvalue weighted by Gasteiger charge is -2.13. The maximum Gasteiger partial charge on any atom is 0.195 e. The lowest BCUT2D eigenvalue weighted by molar-refractivity contribution is 0.212. The fourth-order valence-corrected chi connectivity index (χ4v) is 1.74. The Morgan fingerprint density at radius 3 is 2.53 bits per heavy atom. The van der Waals surface area contributed by atoms with Gasteiger partial charge >= 0.3 is 0 Å². The van der Waals surface area contributed by atoms with Gasteiger partial charge in [0.05, 0.1) is 0 Å². The van der Waals surface area contributed by atoms with Gasteiger partial charge in [0.2, 0.25) is 0 Å². The molecule has 1 N–H and O–H groups in total. The third-order valence-electron chi connectivity index (χ3n) is 2.61. The van der Waals surface area contributed by atoms with E-state index in [0.29, 0.717) is 4.77 Å². The zero-order valence-corrected chi connectivity index (χ0v) is 10.9.